The molecular formula is C26H19ClFN7O2. The number of nitrogens with zero attached hydrogens (tertiary/aromatic N) is 5. The molecule has 2 aromatic carbocycles. The summed E-state index contributed by atoms with van der Waals surface area (Å²) in [4.78, 5) is 31.4. The number of nitrogen functional groups attached to an aromatic ring is 1. The Hall–Kier alpha value is -4.57. The number of hydrogen-bond acceptors (Lipinski definition) is 7. The third-order valence-electron chi connectivity index (χ3n) is 6.61. The number of phenols is 1. The average molecular weight is 516 g/mol. The van der Waals surface area contributed by atoms with Crippen LogP contribution in [0.25, 0.3) is 17.2 Å². The van der Waals surface area contributed by atoms with E-state index in [1.807, 2.05) is 0 Å². The summed E-state index contributed by atoms with van der Waals surface area (Å²) in [6.45, 7) is 1.70. The Morgan fingerprint density at radius 1 is 1.16 bits per heavy atom. The molecule has 0 unspecified atom stereocenters. The number of nitrogens with two attached hydrogens (primary N) is 1. The van der Waals surface area contributed by atoms with E-state index in [0.717, 1.165) is 5.56 Å². The summed E-state index contributed by atoms with van der Waals surface area (Å²) in [6.07, 6.45) is 5.57. The predicted octanol–water partition coefficient (Wildman–Crippen LogP) is 4.12. The van der Waals surface area contributed by atoms with Crippen LogP contribution in [-0.2, 0) is 16.6 Å². The fraction of sp³-hybridized carbons (Fsp3) is 0.115. The lowest BCUT2D eigenvalue weighted by Crippen LogP contribution is -2.33. The lowest BCUT2D eigenvalue weighted by molar-refractivity contribution is -0.119. The monoisotopic (exact) mass is 515 g/mol. The van der Waals surface area contributed by atoms with Gasteiger partial charge in [0, 0.05) is 25.0 Å². The van der Waals surface area contributed by atoms with Crippen LogP contribution < -0.4 is 11.1 Å². The third-order valence-corrected chi connectivity index (χ3v) is 6.91. The van der Waals surface area contributed by atoms with Crippen molar-refractivity contribution in [3.8, 4) is 17.3 Å². The van der Waals surface area contributed by atoms with E-state index in [4.69, 9.17) is 22.3 Å². The zero-order chi connectivity index (χ0) is 25.9. The van der Waals surface area contributed by atoms with Crippen molar-refractivity contribution in [3.63, 3.8) is 0 Å². The number of phenolic OH excluding ortho intramolecular Hbond substituents is 1. The van der Waals surface area contributed by atoms with Crippen LogP contribution in [0.3, 0.4) is 0 Å². The second-order valence-electron chi connectivity index (χ2n) is 8.94. The van der Waals surface area contributed by atoms with Crippen molar-refractivity contribution in [1.82, 2.24) is 24.3 Å². The van der Waals surface area contributed by atoms with Crippen LogP contribution in [0.15, 0.2) is 61.1 Å². The van der Waals surface area contributed by atoms with Crippen LogP contribution in [0.1, 0.15) is 29.3 Å². The Balaban J connectivity index is 1.45. The van der Waals surface area contributed by atoms with Crippen LogP contribution in [-0.4, -0.2) is 35.4 Å². The molecule has 4 N–H and O–H groups in total. The van der Waals surface area contributed by atoms with Gasteiger partial charge in [0.2, 0.25) is 5.91 Å². The molecule has 3 aromatic heterocycles. The van der Waals surface area contributed by atoms with E-state index in [-0.39, 0.29) is 40.0 Å². The second-order valence-corrected chi connectivity index (χ2v) is 9.34. The van der Waals surface area contributed by atoms with Gasteiger partial charge in [-0.15, -0.1) is 0 Å². The fourth-order valence-electron chi connectivity index (χ4n) is 4.63. The molecule has 184 valence electrons. The molecule has 5 aromatic rings. The first-order valence-electron chi connectivity index (χ1n) is 11.3. The molecule has 37 heavy (non-hydrogen) atoms. The molecule has 0 bridgehead atoms. The normalized spacial score (nSPS) is 16.7. The highest BCUT2D eigenvalue weighted by Crippen LogP contribution is 2.46. The summed E-state index contributed by atoms with van der Waals surface area (Å²) < 4.78 is 15.2. The van der Waals surface area contributed by atoms with Gasteiger partial charge in [-0.1, -0.05) is 29.8 Å². The van der Waals surface area contributed by atoms with Gasteiger partial charge in [-0.3, -0.25) is 4.79 Å². The SMILES string of the molecule is C[C@@]1(c2ccc(O)c(Cl)c2)C(=O)Nc2nc(-c3cn4ccnc4c(Cc4ccc(F)cc4)n3)nc(N)c21. The molecular weight excluding hydrogens is 497 g/mol. The van der Waals surface area contributed by atoms with Crippen molar-refractivity contribution in [2.24, 2.45) is 0 Å². The number of fused-ring (bicyclic) bond motifs is 2. The molecule has 1 aliphatic heterocycles. The lowest BCUT2D eigenvalue weighted by atomic mass is 9.77. The van der Waals surface area contributed by atoms with E-state index in [2.05, 4.69) is 20.3 Å². The number of nitrogens with one attached hydrogen (secondary N) is 1. The molecule has 1 amide bonds. The molecule has 0 aliphatic carbocycles. The molecule has 1 atom stereocenters. The Morgan fingerprint density at radius 3 is 2.70 bits per heavy atom. The van der Waals surface area contributed by atoms with Crippen molar-refractivity contribution >= 4 is 34.8 Å². The summed E-state index contributed by atoms with van der Waals surface area (Å²) >= 11 is 6.11. The molecule has 1 aliphatic rings. The lowest BCUT2D eigenvalue weighted by Gasteiger charge is -2.23. The van der Waals surface area contributed by atoms with Crippen LogP contribution in [0, 0.1) is 5.82 Å². The minimum Gasteiger partial charge on any atom is -0.506 e. The fourth-order valence-corrected chi connectivity index (χ4v) is 4.81. The Kier molecular flexibility index (Phi) is 5.09. The summed E-state index contributed by atoms with van der Waals surface area (Å²) in [5, 5.41) is 12.7. The maximum atomic E-state index is 13.4. The first kappa shape index (κ1) is 22.9. The molecule has 4 heterocycles. The number of carbonyl (C=O) groups excluding carboxylic acids is 1. The van der Waals surface area contributed by atoms with Crippen LogP contribution in [0.4, 0.5) is 16.0 Å². The number of imidazole rings is 1. The van der Waals surface area contributed by atoms with Gasteiger partial charge in [-0.25, -0.2) is 24.3 Å². The molecule has 0 saturated heterocycles. The van der Waals surface area contributed by atoms with E-state index < -0.39 is 5.41 Å². The number of amides is 1. The van der Waals surface area contributed by atoms with Gasteiger partial charge in [0.25, 0.3) is 0 Å². The van der Waals surface area contributed by atoms with Gasteiger partial charge in [0.05, 0.1) is 16.3 Å². The molecule has 0 radical (unpaired) electrons. The Bertz CT molecular complexity index is 1720. The largest absolute Gasteiger partial charge is 0.506 e. The van der Waals surface area contributed by atoms with Gasteiger partial charge in [0.15, 0.2) is 11.5 Å². The maximum absolute atomic E-state index is 13.4. The van der Waals surface area contributed by atoms with Crippen molar-refractivity contribution in [1.29, 1.82) is 0 Å². The first-order chi connectivity index (χ1) is 17.7. The standard InChI is InChI=1S/C26H19ClFN7O2/c1-26(14-4-7-19(36)16(27)11-14)20-21(29)32-22(33-23(20)34-25(26)37)18-12-35-9-8-30-24(35)17(31-18)10-13-2-5-15(28)6-3-13/h2-9,11-12,36H,10H2,1H3,(H3,29,32,33,34,37)/t26-/m0/s1. The number of carbonyl (C=O) groups is 1. The summed E-state index contributed by atoms with van der Waals surface area (Å²) in [6, 6.07) is 10.7. The minimum absolute atomic E-state index is 0.0929. The van der Waals surface area contributed by atoms with Crippen molar-refractivity contribution in [3.05, 3.63) is 94.3 Å². The van der Waals surface area contributed by atoms with Gasteiger partial charge in [-0.05, 0) is 42.3 Å². The Morgan fingerprint density at radius 2 is 1.95 bits per heavy atom. The number of rotatable bonds is 4. The van der Waals surface area contributed by atoms with Crippen molar-refractivity contribution in [2.45, 2.75) is 18.8 Å². The van der Waals surface area contributed by atoms with Crippen LogP contribution in [0.2, 0.25) is 5.02 Å². The first-order valence-corrected chi connectivity index (χ1v) is 11.7. The highest BCUT2D eigenvalue weighted by Gasteiger charge is 2.47. The minimum atomic E-state index is -1.22. The number of hydrogen-bond donors (Lipinski definition) is 3. The summed E-state index contributed by atoms with van der Waals surface area (Å²) in [5.74, 6) is -0.158. The smallest absolute Gasteiger partial charge is 0.240 e. The van der Waals surface area contributed by atoms with Gasteiger partial charge in [0.1, 0.15) is 34.3 Å². The predicted molar refractivity (Wildman–Crippen MR) is 136 cm³/mol. The zero-order valence-corrected chi connectivity index (χ0v) is 20.2. The highest BCUT2D eigenvalue weighted by atomic mass is 35.5. The number of aromatic nitrogens is 5. The van der Waals surface area contributed by atoms with Crippen LogP contribution >= 0.6 is 11.6 Å². The number of benzene rings is 2. The molecule has 0 saturated carbocycles. The summed E-state index contributed by atoms with van der Waals surface area (Å²) in [7, 11) is 0. The molecule has 6 rings (SSSR count). The quantitative estimate of drug-likeness (QED) is 0.328. The van der Waals surface area contributed by atoms with Gasteiger partial charge >= 0.3 is 0 Å². The molecule has 0 spiro atoms. The topological polar surface area (TPSA) is 131 Å². The van der Waals surface area contributed by atoms with Crippen molar-refractivity contribution in [2.75, 3.05) is 11.1 Å². The van der Waals surface area contributed by atoms with E-state index in [1.54, 1.807) is 48.1 Å². The average Bonchev–Trinajstić information content (AvgIpc) is 3.45. The number of halogens is 2. The highest BCUT2D eigenvalue weighted by molar-refractivity contribution is 6.32. The number of aromatic hydroxyl groups is 1. The Labute approximate surface area is 214 Å². The van der Waals surface area contributed by atoms with E-state index >= 15 is 0 Å². The summed E-state index contributed by atoms with van der Waals surface area (Å²) in [5.41, 5.74) is 8.72. The van der Waals surface area contributed by atoms with E-state index in [9.17, 15) is 14.3 Å². The van der Waals surface area contributed by atoms with Gasteiger partial charge < -0.3 is 20.6 Å². The van der Waals surface area contributed by atoms with E-state index in [0.29, 0.717) is 34.6 Å². The third kappa shape index (κ3) is 3.64. The molecule has 0 fully saturated rings. The molecule has 11 heteroatoms. The maximum Gasteiger partial charge on any atom is 0.240 e. The zero-order valence-electron chi connectivity index (χ0n) is 19.4. The van der Waals surface area contributed by atoms with Crippen molar-refractivity contribution < 1.29 is 14.3 Å². The second kappa shape index (κ2) is 8.24. The molecule has 9 nitrogen and oxygen atoms in total. The van der Waals surface area contributed by atoms with Gasteiger partial charge in [-0.2, -0.15) is 0 Å². The number of anilines is 2. The van der Waals surface area contributed by atoms with Crippen LogP contribution in [0.5, 0.6) is 5.75 Å². The van der Waals surface area contributed by atoms with E-state index in [1.165, 1.54) is 24.3 Å².